The van der Waals surface area contributed by atoms with Gasteiger partial charge in [0.15, 0.2) is 0 Å². The van der Waals surface area contributed by atoms with Crippen molar-refractivity contribution in [2.75, 3.05) is 5.32 Å². The van der Waals surface area contributed by atoms with Crippen LogP contribution in [0.25, 0.3) is 27.4 Å². The molecule has 0 bridgehead atoms. The van der Waals surface area contributed by atoms with Crippen LogP contribution in [0, 0.1) is 6.92 Å². The summed E-state index contributed by atoms with van der Waals surface area (Å²) in [5.41, 5.74) is 7.45. The van der Waals surface area contributed by atoms with Crippen LogP contribution in [0.1, 0.15) is 25.1 Å². The quantitative estimate of drug-likeness (QED) is 0.289. The summed E-state index contributed by atoms with van der Waals surface area (Å²) in [7, 11) is 0. The van der Waals surface area contributed by atoms with Gasteiger partial charge < -0.3 is 9.88 Å². The lowest BCUT2D eigenvalue weighted by Crippen LogP contribution is -1.99. The van der Waals surface area contributed by atoms with Crippen LogP contribution >= 0.6 is 0 Å². The second-order valence-electron chi connectivity index (χ2n) is 7.89. The first-order valence-electron chi connectivity index (χ1n) is 11.2. The van der Waals surface area contributed by atoms with Crippen molar-refractivity contribution >= 4 is 33.1 Å². The maximum atomic E-state index is 3.64. The highest BCUT2D eigenvalue weighted by Gasteiger charge is 2.15. The number of hydrogen-bond donors (Lipinski definition) is 1. The molecule has 0 aliphatic heterocycles. The Bertz CT molecular complexity index is 1360. The zero-order valence-corrected chi connectivity index (χ0v) is 19.1. The SMILES string of the molecule is C=CC.CCc1c(C)c2cc(Nc3cccc4ccccc34)ccc2n1-c1ccccc1. The van der Waals surface area contributed by atoms with Gasteiger partial charge in [0.05, 0.1) is 5.52 Å². The van der Waals surface area contributed by atoms with E-state index in [1.165, 1.54) is 38.6 Å². The van der Waals surface area contributed by atoms with Crippen LogP contribution in [-0.4, -0.2) is 4.57 Å². The minimum atomic E-state index is 1.00. The summed E-state index contributed by atoms with van der Waals surface area (Å²) in [6, 6.07) is 32.2. The molecule has 0 radical (unpaired) electrons. The molecule has 5 rings (SSSR count). The van der Waals surface area contributed by atoms with Gasteiger partial charge in [-0.2, -0.15) is 0 Å². The number of allylic oxidation sites excluding steroid dienone is 1. The number of anilines is 2. The second-order valence-corrected chi connectivity index (χ2v) is 7.89. The van der Waals surface area contributed by atoms with E-state index in [0.717, 1.165) is 17.8 Å². The average molecular weight is 419 g/mol. The summed E-state index contributed by atoms with van der Waals surface area (Å²) < 4.78 is 2.40. The van der Waals surface area contributed by atoms with Crippen LogP contribution in [0.15, 0.2) is 104 Å². The van der Waals surface area contributed by atoms with Crippen molar-refractivity contribution in [3.05, 3.63) is 115 Å². The highest BCUT2D eigenvalue weighted by Crippen LogP contribution is 2.33. The van der Waals surface area contributed by atoms with E-state index in [-0.39, 0.29) is 0 Å². The topological polar surface area (TPSA) is 17.0 Å². The largest absolute Gasteiger partial charge is 0.355 e. The number of fused-ring (bicyclic) bond motifs is 2. The number of nitrogens with zero attached hydrogens (tertiary/aromatic N) is 1. The van der Waals surface area contributed by atoms with E-state index in [9.17, 15) is 0 Å². The molecule has 160 valence electrons. The first kappa shape index (κ1) is 21.5. The smallest absolute Gasteiger partial charge is 0.0535 e. The van der Waals surface area contributed by atoms with Crippen LogP contribution in [0.4, 0.5) is 11.4 Å². The first-order valence-corrected chi connectivity index (χ1v) is 11.2. The molecule has 0 atom stereocenters. The maximum Gasteiger partial charge on any atom is 0.0535 e. The molecule has 0 saturated carbocycles. The van der Waals surface area contributed by atoms with Crippen molar-refractivity contribution in [3.8, 4) is 5.69 Å². The standard InChI is InChI=1S/C27H24N2.C3H6/c1-3-26-19(2)24-18-21(16-17-27(24)29(26)22-12-5-4-6-13-22)28-25-15-9-11-20-10-7-8-14-23(20)25;1-3-2/h4-18,28H,3H2,1-2H3;3H,1H2,2H3. The van der Waals surface area contributed by atoms with Crippen molar-refractivity contribution in [3.63, 3.8) is 0 Å². The summed E-state index contributed by atoms with van der Waals surface area (Å²) in [6.45, 7) is 9.72. The molecule has 0 fully saturated rings. The highest BCUT2D eigenvalue weighted by atomic mass is 15.0. The fourth-order valence-electron chi connectivity index (χ4n) is 4.36. The Hall–Kier alpha value is -3.78. The Morgan fingerprint density at radius 2 is 1.53 bits per heavy atom. The first-order chi connectivity index (χ1) is 15.7. The zero-order valence-electron chi connectivity index (χ0n) is 19.1. The van der Waals surface area contributed by atoms with Gasteiger partial charge in [-0.1, -0.05) is 67.6 Å². The van der Waals surface area contributed by atoms with Gasteiger partial charge in [-0.25, -0.2) is 0 Å². The van der Waals surface area contributed by atoms with Gasteiger partial charge in [-0.3, -0.25) is 0 Å². The van der Waals surface area contributed by atoms with Crippen LogP contribution < -0.4 is 5.32 Å². The van der Waals surface area contributed by atoms with E-state index in [2.05, 4.69) is 121 Å². The molecule has 32 heavy (non-hydrogen) atoms. The predicted molar refractivity (Wildman–Crippen MR) is 140 cm³/mol. The molecule has 4 aromatic carbocycles. The maximum absolute atomic E-state index is 3.64. The van der Waals surface area contributed by atoms with Crippen molar-refractivity contribution in [1.29, 1.82) is 0 Å². The van der Waals surface area contributed by atoms with Gasteiger partial charge in [0.25, 0.3) is 0 Å². The molecule has 1 aromatic heterocycles. The number of benzene rings is 4. The highest BCUT2D eigenvalue weighted by molar-refractivity contribution is 5.97. The molecule has 2 heteroatoms. The average Bonchev–Trinajstić information content (AvgIpc) is 3.11. The molecule has 1 N–H and O–H groups in total. The van der Waals surface area contributed by atoms with E-state index in [0.29, 0.717) is 0 Å². The number of para-hydroxylation sites is 1. The second kappa shape index (κ2) is 9.57. The minimum absolute atomic E-state index is 1.00. The Morgan fingerprint density at radius 1 is 0.844 bits per heavy atom. The molecule has 5 aromatic rings. The van der Waals surface area contributed by atoms with E-state index in [4.69, 9.17) is 0 Å². The number of hydrogen-bond acceptors (Lipinski definition) is 1. The summed E-state index contributed by atoms with van der Waals surface area (Å²) >= 11 is 0. The number of rotatable bonds is 4. The van der Waals surface area contributed by atoms with Crippen molar-refractivity contribution in [2.24, 2.45) is 0 Å². The molecule has 0 unspecified atom stereocenters. The third-order valence-electron chi connectivity index (χ3n) is 5.76. The molecule has 0 aliphatic carbocycles. The lowest BCUT2D eigenvalue weighted by Gasteiger charge is -2.12. The van der Waals surface area contributed by atoms with Crippen molar-refractivity contribution in [2.45, 2.75) is 27.2 Å². The fourth-order valence-corrected chi connectivity index (χ4v) is 4.36. The number of aromatic nitrogens is 1. The summed E-state index contributed by atoms with van der Waals surface area (Å²) in [5.74, 6) is 0. The van der Waals surface area contributed by atoms with Gasteiger partial charge in [-0.05, 0) is 67.6 Å². The van der Waals surface area contributed by atoms with E-state index in [1.807, 2.05) is 6.92 Å². The van der Waals surface area contributed by atoms with Gasteiger partial charge in [0.1, 0.15) is 0 Å². The Kier molecular flexibility index (Phi) is 6.42. The molecular formula is C30H30N2. The summed E-state index contributed by atoms with van der Waals surface area (Å²) in [5, 5.41) is 7.43. The third kappa shape index (κ3) is 4.04. The van der Waals surface area contributed by atoms with Crippen LogP contribution in [0.2, 0.25) is 0 Å². The van der Waals surface area contributed by atoms with E-state index >= 15 is 0 Å². The van der Waals surface area contributed by atoms with Crippen LogP contribution in [0.5, 0.6) is 0 Å². The molecule has 0 aliphatic rings. The minimum Gasteiger partial charge on any atom is -0.355 e. The molecular weight excluding hydrogens is 388 g/mol. The molecule has 2 nitrogen and oxygen atoms in total. The number of aryl methyl sites for hydroxylation is 1. The lowest BCUT2D eigenvalue weighted by molar-refractivity contribution is 0.947. The van der Waals surface area contributed by atoms with Crippen molar-refractivity contribution < 1.29 is 0 Å². The van der Waals surface area contributed by atoms with E-state index in [1.54, 1.807) is 6.08 Å². The Labute approximate surface area is 190 Å². The normalized spacial score (nSPS) is 10.6. The summed E-state index contributed by atoms with van der Waals surface area (Å²) in [4.78, 5) is 0. The monoisotopic (exact) mass is 418 g/mol. The molecule has 0 spiro atoms. The zero-order chi connectivity index (χ0) is 22.5. The van der Waals surface area contributed by atoms with Crippen molar-refractivity contribution in [1.82, 2.24) is 4.57 Å². The van der Waals surface area contributed by atoms with Crippen LogP contribution in [-0.2, 0) is 6.42 Å². The Balaban J connectivity index is 0.000000775. The molecule has 0 amide bonds. The predicted octanol–water partition coefficient (Wildman–Crippen LogP) is 8.59. The van der Waals surface area contributed by atoms with E-state index < -0.39 is 0 Å². The Morgan fingerprint density at radius 3 is 2.28 bits per heavy atom. The van der Waals surface area contributed by atoms with Gasteiger partial charge >= 0.3 is 0 Å². The van der Waals surface area contributed by atoms with Crippen LogP contribution in [0.3, 0.4) is 0 Å². The fraction of sp³-hybridized carbons (Fsp3) is 0.133. The van der Waals surface area contributed by atoms with Gasteiger partial charge in [0, 0.05) is 33.5 Å². The molecule has 1 heterocycles. The number of nitrogens with one attached hydrogen (secondary N) is 1. The third-order valence-corrected chi connectivity index (χ3v) is 5.76. The van der Waals surface area contributed by atoms with Gasteiger partial charge in [0.2, 0.25) is 0 Å². The summed E-state index contributed by atoms with van der Waals surface area (Å²) in [6.07, 6.45) is 2.75. The lowest BCUT2D eigenvalue weighted by atomic mass is 10.1. The molecule has 0 saturated heterocycles. The van der Waals surface area contributed by atoms with Gasteiger partial charge in [-0.15, -0.1) is 6.58 Å².